The van der Waals surface area contributed by atoms with E-state index in [1.165, 1.54) is 18.2 Å². The van der Waals surface area contributed by atoms with Gasteiger partial charge in [-0.25, -0.2) is 4.98 Å². The van der Waals surface area contributed by atoms with Crippen LogP contribution in [0.4, 0.5) is 35.1 Å². The minimum atomic E-state index is -5.81. The van der Waals surface area contributed by atoms with E-state index in [4.69, 9.17) is 9.15 Å². The smallest absolute Gasteiger partial charge is 0.456 e. The van der Waals surface area contributed by atoms with Gasteiger partial charge in [-0.15, -0.1) is 0 Å². The maximum atomic E-state index is 13.4. The molecule has 11 heteroatoms. The van der Waals surface area contributed by atoms with E-state index in [0.717, 1.165) is 18.2 Å². The lowest BCUT2D eigenvalue weighted by molar-refractivity contribution is -0.293. The number of aromatic nitrogens is 1. The highest BCUT2D eigenvalue weighted by atomic mass is 19.4. The monoisotopic (exact) mass is 453 g/mol. The SMILES string of the molecule is CCC1C=CC=C(c2nc3cc(C(F)(F)F)ccc3o2)C(OCC(F)(F)C(F)(F)F)=C1. The fourth-order valence-electron chi connectivity index (χ4n) is 2.74. The Bertz CT molecular complexity index is 1040. The molecule has 1 aliphatic rings. The van der Waals surface area contributed by atoms with Crippen LogP contribution in [0.5, 0.6) is 0 Å². The van der Waals surface area contributed by atoms with Crippen molar-refractivity contribution in [3.63, 3.8) is 0 Å². The molecule has 0 radical (unpaired) electrons. The van der Waals surface area contributed by atoms with Crippen molar-refractivity contribution in [3.05, 3.63) is 59.7 Å². The Kier molecular flexibility index (Phi) is 5.90. The number of halogens is 8. The molecule has 0 aliphatic heterocycles. The van der Waals surface area contributed by atoms with E-state index in [0.29, 0.717) is 6.42 Å². The number of allylic oxidation sites excluding steroid dienone is 5. The third kappa shape index (κ3) is 4.91. The van der Waals surface area contributed by atoms with Crippen molar-refractivity contribution in [2.24, 2.45) is 5.92 Å². The number of ether oxygens (including phenoxy) is 1. The van der Waals surface area contributed by atoms with Crippen LogP contribution < -0.4 is 0 Å². The highest BCUT2D eigenvalue weighted by Crippen LogP contribution is 2.38. The number of oxazole rings is 1. The van der Waals surface area contributed by atoms with Crippen molar-refractivity contribution in [2.75, 3.05) is 6.61 Å². The first-order chi connectivity index (χ1) is 14.3. The molecule has 0 amide bonds. The van der Waals surface area contributed by atoms with Crippen LogP contribution in [0.25, 0.3) is 16.7 Å². The van der Waals surface area contributed by atoms with Gasteiger partial charge in [0, 0.05) is 0 Å². The van der Waals surface area contributed by atoms with E-state index in [-0.39, 0.29) is 34.2 Å². The van der Waals surface area contributed by atoms with E-state index >= 15 is 0 Å². The lowest BCUT2D eigenvalue weighted by Crippen LogP contribution is -2.40. The van der Waals surface area contributed by atoms with Gasteiger partial charge >= 0.3 is 18.3 Å². The predicted octanol–water partition coefficient (Wildman–Crippen LogP) is 6.92. The Morgan fingerprint density at radius 3 is 2.39 bits per heavy atom. The van der Waals surface area contributed by atoms with Gasteiger partial charge in [-0.2, -0.15) is 35.1 Å². The Hall–Kier alpha value is -2.85. The molecule has 2 aromatic rings. The summed E-state index contributed by atoms with van der Waals surface area (Å²) in [6.45, 7) is -0.217. The van der Waals surface area contributed by atoms with Crippen LogP contribution in [-0.4, -0.2) is 23.7 Å². The standard InChI is InChI=1S/C20H15F8NO2/c1-2-11-4-3-5-13(16(8-11)30-10-18(21,22)20(26,27)28)17-29-14-9-12(19(23,24)25)6-7-15(14)31-17/h3-9,11H,2,10H2,1H3. The van der Waals surface area contributed by atoms with Gasteiger partial charge in [-0.3, -0.25) is 0 Å². The molecule has 1 aliphatic carbocycles. The molecule has 1 aromatic heterocycles. The molecule has 0 fully saturated rings. The average molecular weight is 453 g/mol. The van der Waals surface area contributed by atoms with Crippen LogP contribution in [0, 0.1) is 5.92 Å². The second-order valence-corrected chi connectivity index (χ2v) is 6.76. The van der Waals surface area contributed by atoms with Crippen LogP contribution in [0.1, 0.15) is 24.8 Å². The fourth-order valence-corrected chi connectivity index (χ4v) is 2.74. The van der Waals surface area contributed by atoms with Crippen molar-refractivity contribution < 1.29 is 44.3 Å². The van der Waals surface area contributed by atoms with Crippen molar-refractivity contribution in [1.29, 1.82) is 0 Å². The average Bonchev–Trinajstić information content (AvgIpc) is 2.97. The summed E-state index contributed by atoms with van der Waals surface area (Å²) >= 11 is 0. The van der Waals surface area contributed by atoms with E-state index < -0.39 is 30.4 Å². The minimum Gasteiger partial charge on any atom is -0.486 e. The second kappa shape index (κ2) is 8.01. The van der Waals surface area contributed by atoms with Gasteiger partial charge in [-0.05, 0) is 42.7 Å². The molecule has 1 unspecified atom stereocenters. The molecule has 168 valence electrons. The van der Waals surface area contributed by atoms with Gasteiger partial charge in [0.05, 0.1) is 11.1 Å². The minimum absolute atomic E-state index is 0.0239. The lowest BCUT2D eigenvalue weighted by Gasteiger charge is -2.21. The number of rotatable bonds is 5. The number of hydrogen-bond donors (Lipinski definition) is 0. The lowest BCUT2D eigenvalue weighted by atomic mass is 10.1. The van der Waals surface area contributed by atoms with Gasteiger partial charge in [0.15, 0.2) is 12.2 Å². The molecule has 1 aromatic carbocycles. The van der Waals surface area contributed by atoms with Gasteiger partial charge in [0.2, 0.25) is 5.89 Å². The van der Waals surface area contributed by atoms with Crippen LogP contribution in [-0.2, 0) is 10.9 Å². The largest absolute Gasteiger partial charge is 0.486 e. The number of nitrogens with zero attached hydrogens (tertiary/aromatic N) is 1. The summed E-state index contributed by atoms with van der Waals surface area (Å²) in [5.74, 6) is -6.08. The summed E-state index contributed by atoms with van der Waals surface area (Å²) in [6.07, 6.45) is -4.13. The summed E-state index contributed by atoms with van der Waals surface area (Å²) in [7, 11) is 0. The molecule has 0 bridgehead atoms. The van der Waals surface area contributed by atoms with Crippen LogP contribution in [0.3, 0.4) is 0 Å². The first kappa shape index (κ1) is 22.8. The molecular weight excluding hydrogens is 438 g/mol. The first-order valence-electron chi connectivity index (χ1n) is 8.98. The maximum Gasteiger partial charge on any atom is 0.456 e. The van der Waals surface area contributed by atoms with E-state index in [1.807, 2.05) is 0 Å². The highest BCUT2D eigenvalue weighted by Gasteiger charge is 2.58. The maximum absolute atomic E-state index is 13.4. The Balaban J connectivity index is 1.98. The summed E-state index contributed by atoms with van der Waals surface area (Å²) < 4.78 is 113. The zero-order valence-electron chi connectivity index (χ0n) is 15.8. The van der Waals surface area contributed by atoms with E-state index in [1.54, 1.807) is 13.0 Å². The molecule has 3 nitrogen and oxygen atoms in total. The molecule has 0 saturated carbocycles. The van der Waals surface area contributed by atoms with Gasteiger partial charge < -0.3 is 9.15 Å². The normalized spacial score (nSPS) is 18.0. The van der Waals surface area contributed by atoms with Crippen LogP contribution in [0.15, 0.2) is 52.7 Å². The third-order valence-corrected chi connectivity index (χ3v) is 4.49. The Morgan fingerprint density at radius 1 is 1.06 bits per heavy atom. The molecule has 3 rings (SSSR count). The van der Waals surface area contributed by atoms with E-state index in [2.05, 4.69) is 4.98 Å². The molecule has 1 atom stereocenters. The topological polar surface area (TPSA) is 35.3 Å². The number of benzene rings is 1. The van der Waals surface area contributed by atoms with E-state index in [9.17, 15) is 35.1 Å². The zero-order chi connectivity index (χ0) is 23.0. The summed E-state index contributed by atoms with van der Waals surface area (Å²) in [6, 6.07) is 2.56. The Morgan fingerprint density at radius 2 is 1.77 bits per heavy atom. The van der Waals surface area contributed by atoms with Crippen LogP contribution >= 0.6 is 0 Å². The summed E-state index contributed by atoms with van der Waals surface area (Å²) in [5.41, 5.74) is -1.23. The number of fused-ring (bicyclic) bond motifs is 1. The Labute approximate surface area is 170 Å². The third-order valence-electron chi connectivity index (χ3n) is 4.49. The quantitative estimate of drug-likeness (QED) is 0.461. The summed E-state index contributed by atoms with van der Waals surface area (Å²) in [5, 5.41) is 0. The highest BCUT2D eigenvalue weighted by molar-refractivity contribution is 5.81. The zero-order valence-corrected chi connectivity index (χ0v) is 15.8. The molecule has 1 heterocycles. The van der Waals surface area contributed by atoms with Crippen molar-refractivity contribution >= 4 is 16.7 Å². The van der Waals surface area contributed by atoms with Crippen molar-refractivity contribution in [3.8, 4) is 0 Å². The predicted molar refractivity (Wildman–Crippen MR) is 94.9 cm³/mol. The van der Waals surface area contributed by atoms with Gasteiger partial charge in [0.1, 0.15) is 11.3 Å². The molecule has 31 heavy (non-hydrogen) atoms. The molecule has 0 saturated heterocycles. The molecular formula is C20H15F8NO2. The summed E-state index contributed by atoms with van der Waals surface area (Å²) in [4.78, 5) is 3.95. The van der Waals surface area contributed by atoms with Gasteiger partial charge in [-0.1, -0.05) is 19.1 Å². The fraction of sp³-hybridized carbons (Fsp3) is 0.350. The molecule has 0 N–H and O–H groups in total. The number of alkyl halides is 8. The van der Waals surface area contributed by atoms with Gasteiger partial charge in [0.25, 0.3) is 0 Å². The number of hydrogen-bond acceptors (Lipinski definition) is 3. The first-order valence-corrected chi connectivity index (χ1v) is 8.98. The molecule has 0 spiro atoms. The van der Waals surface area contributed by atoms with Crippen molar-refractivity contribution in [2.45, 2.75) is 31.6 Å². The van der Waals surface area contributed by atoms with Crippen molar-refractivity contribution in [1.82, 2.24) is 4.98 Å². The van der Waals surface area contributed by atoms with Crippen LogP contribution in [0.2, 0.25) is 0 Å². The second-order valence-electron chi connectivity index (χ2n) is 6.76.